The lowest BCUT2D eigenvalue weighted by molar-refractivity contribution is 0.250. The maximum atomic E-state index is 4.21. The van der Waals surface area contributed by atoms with Gasteiger partial charge in [0.1, 0.15) is 0 Å². The van der Waals surface area contributed by atoms with Gasteiger partial charge in [-0.05, 0) is 43.8 Å². The lowest BCUT2D eigenvalue weighted by Gasteiger charge is -2.36. The molecule has 0 spiro atoms. The smallest absolute Gasteiger partial charge is 0.0524 e. The summed E-state index contributed by atoms with van der Waals surface area (Å²) < 4.78 is 1.89. The number of aryl methyl sites for hydroxylation is 1. The molecule has 1 heterocycles. The summed E-state index contributed by atoms with van der Waals surface area (Å²) in [6, 6.07) is 0. The molecule has 1 aliphatic carbocycles. The van der Waals surface area contributed by atoms with Crippen LogP contribution in [-0.2, 0) is 7.05 Å². The van der Waals surface area contributed by atoms with E-state index in [0.717, 1.165) is 18.4 Å². The highest BCUT2D eigenvalue weighted by atomic mass is 15.2. The second kappa shape index (κ2) is 3.50. The van der Waals surface area contributed by atoms with Gasteiger partial charge < -0.3 is 5.32 Å². The van der Waals surface area contributed by atoms with Crippen LogP contribution in [0.15, 0.2) is 12.4 Å². The minimum atomic E-state index is 0.751. The van der Waals surface area contributed by atoms with Gasteiger partial charge in [-0.3, -0.25) is 4.68 Å². The van der Waals surface area contributed by atoms with Crippen molar-refractivity contribution in [3.8, 4) is 0 Å². The summed E-state index contributed by atoms with van der Waals surface area (Å²) in [5.74, 6) is 1.58. The highest BCUT2D eigenvalue weighted by molar-refractivity contribution is 5.16. The van der Waals surface area contributed by atoms with Crippen molar-refractivity contribution in [3.05, 3.63) is 18.0 Å². The third-order valence-electron chi connectivity index (χ3n) is 3.04. The van der Waals surface area contributed by atoms with Crippen molar-refractivity contribution < 1.29 is 0 Å². The molecule has 0 radical (unpaired) electrons. The Bertz CT molecular complexity index is 279. The molecule has 1 fully saturated rings. The van der Waals surface area contributed by atoms with Crippen LogP contribution >= 0.6 is 0 Å². The van der Waals surface area contributed by atoms with Crippen LogP contribution in [0.1, 0.15) is 24.3 Å². The van der Waals surface area contributed by atoms with E-state index in [1.807, 2.05) is 25.0 Å². The van der Waals surface area contributed by atoms with Crippen LogP contribution in [-0.4, -0.2) is 23.4 Å². The van der Waals surface area contributed by atoms with Crippen LogP contribution in [0.2, 0.25) is 0 Å². The summed E-state index contributed by atoms with van der Waals surface area (Å²) in [4.78, 5) is 0. The molecule has 0 saturated heterocycles. The first-order valence-corrected chi connectivity index (χ1v) is 4.94. The predicted molar refractivity (Wildman–Crippen MR) is 52.6 cm³/mol. The minimum Gasteiger partial charge on any atom is -0.319 e. The molecule has 2 rings (SSSR count). The number of hydrogen-bond donors (Lipinski definition) is 1. The second-order valence-electron chi connectivity index (χ2n) is 3.95. The van der Waals surface area contributed by atoms with E-state index in [1.165, 1.54) is 18.4 Å². The van der Waals surface area contributed by atoms with Gasteiger partial charge in [0, 0.05) is 13.2 Å². The fraction of sp³-hybridized carbons (Fsp3) is 0.700. The Labute approximate surface area is 79.1 Å². The summed E-state index contributed by atoms with van der Waals surface area (Å²) in [6.45, 7) is 1.14. The van der Waals surface area contributed by atoms with E-state index in [2.05, 4.69) is 16.6 Å². The van der Waals surface area contributed by atoms with Gasteiger partial charge in [0.25, 0.3) is 0 Å². The van der Waals surface area contributed by atoms with E-state index in [9.17, 15) is 0 Å². The van der Waals surface area contributed by atoms with Gasteiger partial charge in [-0.1, -0.05) is 0 Å². The van der Waals surface area contributed by atoms with E-state index < -0.39 is 0 Å². The normalized spacial score (nSPS) is 27.2. The average molecular weight is 179 g/mol. The molecule has 1 saturated carbocycles. The Kier molecular flexibility index (Phi) is 2.36. The number of nitrogens with zero attached hydrogens (tertiary/aromatic N) is 2. The van der Waals surface area contributed by atoms with Crippen LogP contribution < -0.4 is 5.32 Å². The molecule has 1 aromatic rings. The molecule has 0 amide bonds. The lowest BCUT2D eigenvalue weighted by atomic mass is 9.71. The Morgan fingerprint density at radius 1 is 1.62 bits per heavy atom. The summed E-state index contributed by atoms with van der Waals surface area (Å²) in [7, 11) is 4.01. The average Bonchev–Trinajstić information content (AvgIpc) is 2.45. The first-order chi connectivity index (χ1) is 6.31. The fourth-order valence-electron chi connectivity index (χ4n) is 2.15. The molecular formula is C10H17N3. The fourth-order valence-corrected chi connectivity index (χ4v) is 2.15. The summed E-state index contributed by atoms with van der Waals surface area (Å²) >= 11 is 0. The molecule has 2 atom stereocenters. The van der Waals surface area contributed by atoms with E-state index in [-0.39, 0.29) is 0 Å². The molecule has 13 heavy (non-hydrogen) atoms. The molecule has 3 nitrogen and oxygen atoms in total. The molecule has 0 bridgehead atoms. The molecule has 0 aromatic carbocycles. The maximum Gasteiger partial charge on any atom is 0.0524 e. The third-order valence-corrected chi connectivity index (χ3v) is 3.04. The van der Waals surface area contributed by atoms with Crippen molar-refractivity contribution in [3.63, 3.8) is 0 Å². The number of hydrogen-bond acceptors (Lipinski definition) is 2. The van der Waals surface area contributed by atoms with Crippen molar-refractivity contribution in [1.82, 2.24) is 15.1 Å². The Hall–Kier alpha value is -0.830. The minimum absolute atomic E-state index is 0.751. The van der Waals surface area contributed by atoms with Crippen LogP contribution in [0.5, 0.6) is 0 Å². The third kappa shape index (κ3) is 1.61. The largest absolute Gasteiger partial charge is 0.319 e. The van der Waals surface area contributed by atoms with Crippen molar-refractivity contribution in [2.45, 2.75) is 18.8 Å². The van der Waals surface area contributed by atoms with Crippen LogP contribution in [0, 0.1) is 5.92 Å². The molecular weight excluding hydrogens is 162 g/mol. The van der Waals surface area contributed by atoms with Gasteiger partial charge in [0.05, 0.1) is 6.20 Å². The highest BCUT2D eigenvalue weighted by Gasteiger charge is 2.31. The second-order valence-corrected chi connectivity index (χ2v) is 3.95. The first kappa shape index (κ1) is 8.75. The van der Waals surface area contributed by atoms with Crippen molar-refractivity contribution >= 4 is 0 Å². The quantitative estimate of drug-likeness (QED) is 0.754. The van der Waals surface area contributed by atoms with Crippen LogP contribution in [0.4, 0.5) is 0 Å². The predicted octanol–water partition coefficient (Wildman–Crippen LogP) is 1.13. The number of nitrogens with one attached hydrogen (secondary N) is 1. The van der Waals surface area contributed by atoms with Gasteiger partial charge in [-0.2, -0.15) is 5.10 Å². The first-order valence-electron chi connectivity index (χ1n) is 4.94. The monoisotopic (exact) mass is 179 g/mol. The van der Waals surface area contributed by atoms with Gasteiger partial charge in [0.2, 0.25) is 0 Å². The van der Waals surface area contributed by atoms with Crippen LogP contribution in [0.3, 0.4) is 0 Å². The summed E-state index contributed by atoms with van der Waals surface area (Å²) in [5, 5.41) is 7.46. The zero-order chi connectivity index (χ0) is 9.26. The Morgan fingerprint density at radius 2 is 2.46 bits per heavy atom. The van der Waals surface area contributed by atoms with E-state index in [4.69, 9.17) is 0 Å². The van der Waals surface area contributed by atoms with Gasteiger partial charge in [-0.25, -0.2) is 0 Å². The van der Waals surface area contributed by atoms with E-state index in [1.54, 1.807) is 0 Å². The number of aromatic nitrogens is 2. The van der Waals surface area contributed by atoms with E-state index >= 15 is 0 Å². The van der Waals surface area contributed by atoms with Crippen molar-refractivity contribution in [2.24, 2.45) is 13.0 Å². The standard InChI is InChI=1S/C10H17N3/c1-11-5-8-3-4-10(8)9-6-12-13(2)7-9/h6-8,10-11H,3-5H2,1-2H3. The number of rotatable bonds is 3. The maximum absolute atomic E-state index is 4.21. The molecule has 1 aliphatic rings. The Morgan fingerprint density at radius 3 is 2.92 bits per heavy atom. The molecule has 72 valence electrons. The molecule has 0 aliphatic heterocycles. The van der Waals surface area contributed by atoms with Gasteiger partial charge in [-0.15, -0.1) is 0 Å². The molecule has 1 N–H and O–H groups in total. The molecule has 3 heteroatoms. The van der Waals surface area contributed by atoms with Crippen molar-refractivity contribution in [1.29, 1.82) is 0 Å². The van der Waals surface area contributed by atoms with Gasteiger partial charge >= 0.3 is 0 Å². The summed E-state index contributed by atoms with van der Waals surface area (Å²) in [5.41, 5.74) is 1.41. The van der Waals surface area contributed by atoms with Crippen LogP contribution in [0.25, 0.3) is 0 Å². The Balaban J connectivity index is 2.01. The van der Waals surface area contributed by atoms with E-state index in [0.29, 0.717) is 0 Å². The summed E-state index contributed by atoms with van der Waals surface area (Å²) in [6.07, 6.45) is 6.84. The molecule has 2 unspecified atom stereocenters. The molecule has 1 aromatic heterocycles. The zero-order valence-corrected chi connectivity index (χ0v) is 8.33. The SMILES string of the molecule is CNCC1CCC1c1cnn(C)c1. The highest BCUT2D eigenvalue weighted by Crippen LogP contribution is 2.41. The van der Waals surface area contributed by atoms with Gasteiger partial charge in [0.15, 0.2) is 0 Å². The van der Waals surface area contributed by atoms with Crippen molar-refractivity contribution in [2.75, 3.05) is 13.6 Å². The lowest BCUT2D eigenvalue weighted by Crippen LogP contribution is -2.32. The topological polar surface area (TPSA) is 29.9 Å². The zero-order valence-electron chi connectivity index (χ0n) is 8.33.